The molecule has 1 saturated heterocycles. The quantitative estimate of drug-likeness (QED) is 0.856. The van der Waals surface area contributed by atoms with Crippen LogP contribution in [0, 0.1) is 19.7 Å². The lowest BCUT2D eigenvalue weighted by atomic mass is 10.1. The van der Waals surface area contributed by atoms with E-state index in [1.165, 1.54) is 12.1 Å². The van der Waals surface area contributed by atoms with E-state index in [1.54, 1.807) is 30.9 Å². The molecule has 1 atom stereocenters. The van der Waals surface area contributed by atoms with E-state index in [1.807, 2.05) is 0 Å². The van der Waals surface area contributed by atoms with E-state index >= 15 is 0 Å². The number of hydrogen-bond acceptors (Lipinski definition) is 4. The second-order valence-corrected chi connectivity index (χ2v) is 5.36. The van der Waals surface area contributed by atoms with Crippen molar-refractivity contribution in [3.05, 3.63) is 52.7 Å². The van der Waals surface area contributed by atoms with Crippen LogP contribution in [0.2, 0.25) is 0 Å². The van der Waals surface area contributed by atoms with Crippen LogP contribution in [0.1, 0.15) is 33.5 Å². The maximum Gasteiger partial charge on any atom is 0.259 e. The Morgan fingerprint density at radius 1 is 1.32 bits per heavy atom. The standard InChI is InChI=1S/C16H17FN2O3/c1-10-15(11(2)22-18-10)16(20)19-7-8-21-14(9-19)12-3-5-13(17)6-4-12/h3-6,14H,7-9H2,1-2H3/t14-/m0/s1. The van der Waals surface area contributed by atoms with Gasteiger partial charge < -0.3 is 14.2 Å². The molecule has 0 bridgehead atoms. The fourth-order valence-corrected chi connectivity index (χ4v) is 2.66. The van der Waals surface area contributed by atoms with Crippen molar-refractivity contribution >= 4 is 5.91 Å². The zero-order chi connectivity index (χ0) is 15.7. The molecule has 2 aromatic rings. The molecule has 3 rings (SSSR count). The van der Waals surface area contributed by atoms with E-state index in [4.69, 9.17) is 9.26 Å². The molecule has 0 spiro atoms. The molecule has 0 N–H and O–H groups in total. The van der Waals surface area contributed by atoms with Gasteiger partial charge in [-0.3, -0.25) is 4.79 Å². The van der Waals surface area contributed by atoms with E-state index in [0.717, 1.165) is 5.56 Å². The Morgan fingerprint density at radius 3 is 2.68 bits per heavy atom. The summed E-state index contributed by atoms with van der Waals surface area (Å²) < 4.78 is 23.8. The van der Waals surface area contributed by atoms with Crippen LogP contribution < -0.4 is 0 Å². The summed E-state index contributed by atoms with van der Waals surface area (Å²) >= 11 is 0. The first-order valence-electron chi connectivity index (χ1n) is 7.15. The van der Waals surface area contributed by atoms with Crippen LogP contribution in [0.25, 0.3) is 0 Å². The monoisotopic (exact) mass is 304 g/mol. The fourth-order valence-electron chi connectivity index (χ4n) is 2.66. The van der Waals surface area contributed by atoms with Crippen LogP contribution in [0.4, 0.5) is 4.39 Å². The predicted octanol–water partition coefficient (Wildman–Crippen LogP) is 2.64. The average Bonchev–Trinajstić information content (AvgIpc) is 2.86. The van der Waals surface area contributed by atoms with Crippen LogP contribution in [0.15, 0.2) is 28.8 Å². The number of carbonyl (C=O) groups excluding carboxylic acids is 1. The first-order chi connectivity index (χ1) is 10.6. The van der Waals surface area contributed by atoms with Gasteiger partial charge in [-0.15, -0.1) is 0 Å². The van der Waals surface area contributed by atoms with Crippen LogP contribution in [0.3, 0.4) is 0 Å². The van der Waals surface area contributed by atoms with E-state index in [9.17, 15) is 9.18 Å². The molecule has 5 nitrogen and oxygen atoms in total. The van der Waals surface area contributed by atoms with Crippen molar-refractivity contribution in [2.24, 2.45) is 0 Å². The molecule has 1 aliphatic rings. The molecule has 116 valence electrons. The fraction of sp³-hybridized carbons (Fsp3) is 0.375. The summed E-state index contributed by atoms with van der Waals surface area (Å²) in [5.41, 5.74) is 1.96. The van der Waals surface area contributed by atoms with Gasteiger partial charge in [-0.05, 0) is 31.5 Å². The first-order valence-corrected chi connectivity index (χ1v) is 7.15. The second-order valence-electron chi connectivity index (χ2n) is 5.36. The van der Waals surface area contributed by atoms with Crippen molar-refractivity contribution in [2.75, 3.05) is 19.7 Å². The highest BCUT2D eigenvalue weighted by Gasteiger charge is 2.29. The van der Waals surface area contributed by atoms with Gasteiger partial charge in [0.15, 0.2) is 0 Å². The summed E-state index contributed by atoms with van der Waals surface area (Å²) in [4.78, 5) is 14.4. The van der Waals surface area contributed by atoms with Gasteiger partial charge in [0.05, 0.1) is 18.8 Å². The van der Waals surface area contributed by atoms with Gasteiger partial charge in [-0.1, -0.05) is 17.3 Å². The van der Waals surface area contributed by atoms with Gasteiger partial charge >= 0.3 is 0 Å². The van der Waals surface area contributed by atoms with E-state index in [2.05, 4.69) is 5.16 Å². The first kappa shape index (κ1) is 14.7. The number of ether oxygens (including phenoxy) is 1. The number of rotatable bonds is 2. The summed E-state index contributed by atoms with van der Waals surface area (Å²) in [7, 11) is 0. The Hall–Kier alpha value is -2.21. The summed E-state index contributed by atoms with van der Waals surface area (Å²) in [5.74, 6) is 0.127. The third-order valence-electron chi connectivity index (χ3n) is 3.84. The number of hydrogen-bond donors (Lipinski definition) is 0. The maximum absolute atomic E-state index is 13.0. The van der Waals surface area contributed by atoms with Gasteiger partial charge in [0.1, 0.15) is 23.2 Å². The van der Waals surface area contributed by atoms with Crippen LogP contribution >= 0.6 is 0 Å². The molecule has 1 aliphatic heterocycles. The molecular weight excluding hydrogens is 287 g/mol. The van der Waals surface area contributed by atoms with E-state index in [0.29, 0.717) is 36.7 Å². The van der Waals surface area contributed by atoms with Crippen molar-refractivity contribution in [2.45, 2.75) is 20.0 Å². The number of morpholine rings is 1. The number of aromatic nitrogens is 1. The summed E-state index contributed by atoms with van der Waals surface area (Å²) in [6, 6.07) is 6.16. The highest BCUT2D eigenvalue weighted by molar-refractivity contribution is 5.96. The summed E-state index contributed by atoms with van der Waals surface area (Å²) in [6.45, 7) is 4.86. The molecule has 0 unspecified atom stereocenters. The molecule has 1 amide bonds. The van der Waals surface area contributed by atoms with Crippen molar-refractivity contribution in [3.8, 4) is 0 Å². The van der Waals surface area contributed by atoms with Gasteiger partial charge in [0, 0.05) is 6.54 Å². The zero-order valence-corrected chi connectivity index (χ0v) is 12.5. The van der Waals surface area contributed by atoms with E-state index in [-0.39, 0.29) is 17.8 Å². The highest BCUT2D eigenvalue weighted by atomic mass is 19.1. The molecule has 1 aromatic carbocycles. The summed E-state index contributed by atoms with van der Waals surface area (Å²) in [6.07, 6.45) is -0.251. The number of halogens is 1. The Kier molecular flexibility index (Phi) is 3.94. The molecule has 0 aliphatic carbocycles. The maximum atomic E-state index is 13.0. The Balaban J connectivity index is 1.78. The Bertz CT molecular complexity index is 662. The number of benzene rings is 1. The van der Waals surface area contributed by atoms with Crippen molar-refractivity contribution in [1.29, 1.82) is 0 Å². The second kappa shape index (κ2) is 5.88. The van der Waals surface area contributed by atoms with Gasteiger partial charge in [-0.25, -0.2) is 4.39 Å². The third-order valence-corrected chi connectivity index (χ3v) is 3.84. The molecule has 2 heterocycles. The number of carbonyl (C=O) groups is 1. The third kappa shape index (κ3) is 2.74. The minimum absolute atomic E-state index is 0.105. The van der Waals surface area contributed by atoms with Crippen LogP contribution in [-0.4, -0.2) is 35.7 Å². The highest BCUT2D eigenvalue weighted by Crippen LogP contribution is 2.24. The molecule has 1 aromatic heterocycles. The predicted molar refractivity (Wildman–Crippen MR) is 77.0 cm³/mol. The SMILES string of the molecule is Cc1noc(C)c1C(=O)N1CCO[C@H](c2ccc(F)cc2)C1. The lowest BCUT2D eigenvalue weighted by Crippen LogP contribution is -2.42. The summed E-state index contributed by atoms with van der Waals surface area (Å²) in [5, 5.41) is 3.82. The Morgan fingerprint density at radius 2 is 2.05 bits per heavy atom. The number of aryl methyl sites for hydroxylation is 2. The minimum atomic E-state index is -0.289. The molecule has 0 radical (unpaired) electrons. The molecule has 6 heteroatoms. The van der Waals surface area contributed by atoms with E-state index < -0.39 is 0 Å². The minimum Gasteiger partial charge on any atom is -0.370 e. The molecular formula is C16H17FN2O3. The molecule has 22 heavy (non-hydrogen) atoms. The van der Waals surface area contributed by atoms with Crippen molar-refractivity contribution in [1.82, 2.24) is 10.1 Å². The lowest BCUT2D eigenvalue weighted by molar-refractivity contribution is -0.0229. The van der Waals surface area contributed by atoms with Gasteiger partial charge in [0.25, 0.3) is 5.91 Å². The smallest absolute Gasteiger partial charge is 0.259 e. The molecule has 0 saturated carbocycles. The largest absolute Gasteiger partial charge is 0.370 e. The van der Waals surface area contributed by atoms with Crippen molar-refractivity contribution in [3.63, 3.8) is 0 Å². The average molecular weight is 304 g/mol. The van der Waals surface area contributed by atoms with Crippen molar-refractivity contribution < 1.29 is 18.4 Å². The van der Waals surface area contributed by atoms with Gasteiger partial charge in [-0.2, -0.15) is 0 Å². The lowest BCUT2D eigenvalue weighted by Gasteiger charge is -2.33. The molecule has 1 fully saturated rings. The zero-order valence-electron chi connectivity index (χ0n) is 12.5. The van der Waals surface area contributed by atoms with Crippen LogP contribution in [-0.2, 0) is 4.74 Å². The topological polar surface area (TPSA) is 55.6 Å². The normalized spacial score (nSPS) is 18.5. The van der Waals surface area contributed by atoms with Crippen LogP contribution in [0.5, 0.6) is 0 Å². The van der Waals surface area contributed by atoms with Gasteiger partial charge in [0.2, 0.25) is 0 Å². The number of nitrogens with zero attached hydrogens (tertiary/aromatic N) is 2. The Labute approximate surface area is 127 Å². The number of amides is 1.